The van der Waals surface area contributed by atoms with Crippen LogP contribution in [0.5, 0.6) is 0 Å². The molecule has 4 nitrogen and oxygen atoms in total. The molecule has 0 radical (unpaired) electrons. The molecule has 0 aliphatic carbocycles. The summed E-state index contributed by atoms with van der Waals surface area (Å²) < 4.78 is 10.7. The van der Waals surface area contributed by atoms with Gasteiger partial charge in [-0.15, -0.1) is 0 Å². The van der Waals surface area contributed by atoms with Crippen LogP contribution < -0.4 is 0 Å². The number of ether oxygens (including phenoxy) is 2. The molecule has 0 aromatic heterocycles. The van der Waals surface area contributed by atoms with Crippen LogP contribution in [-0.4, -0.2) is 49.3 Å². The zero-order valence-electron chi connectivity index (χ0n) is 9.44. The number of hydrogen-bond donors (Lipinski definition) is 0. The molecular weight excluding hydrogens is 194 g/mol. The van der Waals surface area contributed by atoms with E-state index in [9.17, 15) is 4.79 Å². The predicted octanol–water partition coefficient (Wildman–Crippen LogP) is 0.659. The van der Waals surface area contributed by atoms with Gasteiger partial charge in [0.2, 0.25) is 0 Å². The van der Waals surface area contributed by atoms with E-state index in [1.165, 1.54) is 0 Å². The maximum absolute atomic E-state index is 11.4. The first-order chi connectivity index (χ1) is 7.18. The summed E-state index contributed by atoms with van der Waals surface area (Å²) in [6.07, 6.45) is 1.09. The lowest BCUT2D eigenvalue weighted by molar-refractivity contribution is -0.145. The minimum Gasteiger partial charge on any atom is -0.464 e. The Morgan fingerprint density at radius 3 is 2.80 bits per heavy atom. The summed E-state index contributed by atoms with van der Waals surface area (Å²) in [4.78, 5) is 13.7. The Hall–Kier alpha value is -0.610. The molecule has 2 unspecified atom stereocenters. The van der Waals surface area contributed by atoms with Crippen LogP contribution in [0.2, 0.25) is 0 Å². The van der Waals surface area contributed by atoms with Crippen LogP contribution in [0.3, 0.4) is 0 Å². The molecule has 2 fully saturated rings. The molecule has 2 aliphatic heterocycles. The number of cyclic esters (lactones) is 1. The summed E-state index contributed by atoms with van der Waals surface area (Å²) in [6.45, 7) is 7.32. The van der Waals surface area contributed by atoms with Gasteiger partial charge in [-0.2, -0.15) is 0 Å². The lowest BCUT2D eigenvalue weighted by Gasteiger charge is -2.36. The van der Waals surface area contributed by atoms with Gasteiger partial charge in [-0.05, 0) is 5.92 Å². The lowest BCUT2D eigenvalue weighted by Crippen LogP contribution is -2.50. The summed E-state index contributed by atoms with van der Waals surface area (Å²) >= 11 is 0. The van der Waals surface area contributed by atoms with Gasteiger partial charge in [0.1, 0.15) is 6.04 Å². The Labute approximate surface area is 90.5 Å². The van der Waals surface area contributed by atoms with E-state index in [0.29, 0.717) is 12.5 Å². The van der Waals surface area contributed by atoms with Crippen molar-refractivity contribution in [3.63, 3.8) is 0 Å². The maximum atomic E-state index is 11.4. The average Bonchev–Trinajstić information content (AvgIpc) is 2.64. The molecule has 2 aliphatic rings. The van der Waals surface area contributed by atoms with Gasteiger partial charge in [0.05, 0.1) is 19.3 Å². The van der Waals surface area contributed by atoms with Gasteiger partial charge in [-0.1, -0.05) is 13.8 Å². The number of carbonyl (C=O) groups is 1. The van der Waals surface area contributed by atoms with Gasteiger partial charge in [0.25, 0.3) is 0 Å². The van der Waals surface area contributed by atoms with Crippen molar-refractivity contribution < 1.29 is 14.3 Å². The highest BCUT2D eigenvalue weighted by atomic mass is 16.5. The van der Waals surface area contributed by atoms with E-state index in [-0.39, 0.29) is 18.1 Å². The number of rotatable bonds is 2. The Bertz CT molecular complexity index is 242. The Kier molecular flexibility index (Phi) is 3.26. The molecule has 0 amide bonds. The molecule has 0 aromatic carbocycles. The number of hydrogen-bond acceptors (Lipinski definition) is 4. The second kappa shape index (κ2) is 4.49. The maximum Gasteiger partial charge on any atom is 0.323 e. The fourth-order valence-electron chi connectivity index (χ4n) is 2.20. The van der Waals surface area contributed by atoms with Gasteiger partial charge >= 0.3 is 5.97 Å². The molecule has 0 N–H and O–H groups in total. The summed E-state index contributed by atoms with van der Waals surface area (Å²) in [5.74, 6) is 0.449. The number of esters is 1. The molecule has 2 heterocycles. The smallest absolute Gasteiger partial charge is 0.323 e. The third kappa shape index (κ3) is 2.32. The van der Waals surface area contributed by atoms with E-state index in [1.54, 1.807) is 0 Å². The molecule has 4 heteroatoms. The quantitative estimate of drug-likeness (QED) is 0.632. The Balaban J connectivity index is 1.94. The standard InChI is InChI=1S/C11H19NO3/c1-8(2)10-7-12(4-6-14-10)9-3-5-15-11(9)13/h8-10H,3-7H2,1-2H3. The zero-order valence-corrected chi connectivity index (χ0v) is 9.44. The van der Waals surface area contributed by atoms with Gasteiger partial charge in [0.15, 0.2) is 0 Å². The first-order valence-corrected chi connectivity index (χ1v) is 5.71. The van der Waals surface area contributed by atoms with E-state index >= 15 is 0 Å². The fraction of sp³-hybridized carbons (Fsp3) is 0.909. The molecule has 0 saturated carbocycles. The first kappa shape index (κ1) is 10.9. The van der Waals surface area contributed by atoms with Crippen molar-refractivity contribution in [2.24, 2.45) is 5.92 Å². The Morgan fingerprint density at radius 1 is 1.40 bits per heavy atom. The van der Waals surface area contributed by atoms with Gasteiger partial charge in [-0.25, -0.2) is 0 Å². The van der Waals surface area contributed by atoms with E-state index in [4.69, 9.17) is 9.47 Å². The molecular formula is C11H19NO3. The van der Waals surface area contributed by atoms with Gasteiger partial charge in [0, 0.05) is 19.5 Å². The largest absolute Gasteiger partial charge is 0.464 e. The molecule has 86 valence electrons. The molecule has 0 aromatic rings. The highest BCUT2D eigenvalue weighted by molar-refractivity contribution is 5.77. The minimum atomic E-state index is -0.0561. The van der Waals surface area contributed by atoms with Crippen LogP contribution >= 0.6 is 0 Å². The van der Waals surface area contributed by atoms with Crippen LogP contribution in [-0.2, 0) is 14.3 Å². The lowest BCUT2D eigenvalue weighted by atomic mass is 10.0. The Morgan fingerprint density at radius 2 is 2.20 bits per heavy atom. The highest BCUT2D eigenvalue weighted by Crippen LogP contribution is 2.20. The topological polar surface area (TPSA) is 38.8 Å². The fourth-order valence-corrected chi connectivity index (χ4v) is 2.20. The predicted molar refractivity (Wildman–Crippen MR) is 55.5 cm³/mol. The zero-order chi connectivity index (χ0) is 10.8. The summed E-state index contributed by atoms with van der Waals surface area (Å²) in [6, 6.07) is -0.0184. The summed E-state index contributed by atoms with van der Waals surface area (Å²) in [7, 11) is 0. The second-order valence-corrected chi connectivity index (χ2v) is 4.62. The number of nitrogens with zero attached hydrogens (tertiary/aromatic N) is 1. The molecule has 15 heavy (non-hydrogen) atoms. The SMILES string of the molecule is CC(C)C1CN(C2CCOC2=O)CCO1. The van der Waals surface area contributed by atoms with E-state index in [1.807, 2.05) is 0 Å². The van der Waals surface area contributed by atoms with Crippen molar-refractivity contribution in [3.8, 4) is 0 Å². The van der Waals surface area contributed by atoms with Crippen molar-refractivity contribution in [2.75, 3.05) is 26.3 Å². The number of carbonyl (C=O) groups excluding carboxylic acids is 1. The van der Waals surface area contributed by atoms with Crippen molar-refractivity contribution in [3.05, 3.63) is 0 Å². The molecule has 0 bridgehead atoms. The van der Waals surface area contributed by atoms with E-state index in [0.717, 1.165) is 26.1 Å². The minimum absolute atomic E-state index is 0.0184. The van der Waals surface area contributed by atoms with Crippen LogP contribution in [0, 0.1) is 5.92 Å². The van der Waals surface area contributed by atoms with Crippen LogP contribution in [0.15, 0.2) is 0 Å². The first-order valence-electron chi connectivity index (χ1n) is 5.71. The molecule has 2 rings (SSSR count). The molecule has 2 atom stereocenters. The van der Waals surface area contributed by atoms with E-state index in [2.05, 4.69) is 18.7 Å². The average molecular weight is 213 g/mol. The van der Waals surface area contributed by atoms with Crippen LogP contribution in [0.25, 0.3) is 0 Å². The van der Waals surface area contributed by atoms with E-state index < -0.39 is 0 Å². The normalized spacial score (nSPS) is 33.4. The monoisotopic (exact) mass is 213 g/mol. The van der Waals surface area contributed by atoms with Crippen molar-refractivity contribution >= 4 is 5.97 Å². The summed E-state index contributed by atoms with van der Waals surface area (Å²) in [5.41, 5.74) is 0. The van der Waals surface area contributed by atoms with Crippen molar-refractivity contribution in [1.82, 2.24) is 4.90 Å². The van der Waals surface area contributed by atoms with Crippen LogP contribution in [0.4, 0.5) is 0 Å². The third-order valence-electron chi connectivity index (χ3n) is 3.22. The highest BCUT2D eigenvalue weighted by Gasteiger charge is 2.35. The molecule has 0 spiro atoms. The third-order valence-corrected chi connectivity index (χ3v) is 3.22. The number of morpholine rings is 1. The second-order valence-electron chi connectivity index (χ2n) is 4.62. The molecule has 2 saturated heterocycles. The summed E-state index contributed by atoms with van der Waals surface area (Å²) in [5, 5.41) is 0. The van der Waals surface area contributed by atoms with Gasteiger partial charge < -0.3 is 9.47 Å². The van der Waals surface area contributed by atoms with Crippen molar-refractivity contribution in [1.29, 1.82) is 0 Å². The van der Waals surface area contributed by atoms with Gasteiger partial charge in [-0.3, -0.25) is 9.69 Å². The van der Waals surface area contributed by atoms with Crippen molar-refractivity contribution in [2.45, 2.75) is 32.4 Å². The van der Waals surface area contributed by atoms with Crippen LogP contribution in [0.1, 0.15) is 20.3 Å².